The maximum absolute atomic E-state index is 13.5. The number of fused-ring (bicyclic) bond motifs is 6. The highest BCUT2D eigenvalue weighted by atomic mass is 16.7. The summed E-state index contributed by atoms with van der Waals surface area (Å²) in [4.78, 5) is 64.8. The van der Waals surface area contributed by atoms with Crippen LogP contribution < -0.4 is 0 Å². The van der Waals surface area contributed by atoms with Crippen LogP contribution in [0.15, 0.2) is 48.1 Å². The Morgan fingerprint density at radius 3 is 2.25 bits per heavy atom. The van der Waals surface area contributed by atoms with Gasteiger partial charge in [-0.05, 0) is 32.6 Å². The number of unbranched alkanes of at least 4 members (excludes halogenated alkanes) is 1. The molecule has 4 heterocycles. The number of ether oxygens (including phenoxy) is 8. The number of aliphatic hydroxyl groups excluding tert-OH is 2. The summed E-state index contributed by atoms with van der Waals surface area (Å²) in [5.74, 6) is -8.92. The second-order valence-electron chi connectivity index (χ2n) is 18.6. The quantitative estimate of drug-likeness (QED) is 0.0783. The summed E-state index contributed by atoms with van der Waals surface area (Å²) in [6.45, 7) is 11.3. The van der Waals surface area contributed by atoms with Crippen LogP contribution in [0.1, 0.15) is 119 Å². The van der Waals surface area contributed by atoms with Crippen LogP contribution in [0.5, 0.6) is 0 Å². The van der Waals surface area contributed by atoms with E-state index in [1.807, 2.05) is 13.0 Å². The van der Waals surface area contributed by atoms with E-state index >= 15 is 0 Å². The van der Waals surface area contributed by atoms with Gasteiger partial charge >= 0.3 is 29.8 Å². The van der Waals surface area contributed by atoms with Crippen LogP contribution in [-0.2, 0) is 61.9 Å². The number of rotatable bonds is 10. The molecule has 0 aliphatic carbocycles. The van der Waals surface area contributed by atoms with E-state index < -0.39 is 120 Å². The minimum Gasteiger partial charge on any atom is -0.469 e. The lowest BCUT2D eigenvalue weighted by Gasteiger charge is -2.54. The molecule has 17 nitrogen and oxygen atoms in total. The third kappa shape index (κ3) is 13.5. The smallest absolute Gasteiger partial charge is 0.331 e. The number of cyclic esters (lactones) is 1. The zero-order chi connectivity index (χ0) is 47.6. The number of carbonyl (C=O) groups excluding carboxylic acids is 5. The van der Waals surface area contributed by atoms with Gasteiger partial charge in [0, 0.05) is 56.1 Å². The van der Waals surface area contributed by atoms with E-state index in [2.05, 4.69) is 0 Å². The zero-order valence-electron chi connectivity index (χ0n) is 38.7. The molecule has 17 heteroatoms. The summed E-state index contributed by atoms with van der Waals surface area (Å²) < 4.78 is 46.9. The standard InChI is InChI=1S/C47H70O17/c1-10-11-12-13-14-15-39(51)62-43-31(22-41(53)58-9)21-34-25-37(28(2)48)61-42(54)24-32(50)23-35-26-38(59-29(3)49)45(6,7)46(55,63-35)27-36-19-30(20-40(52)57-8)18-33(60-36)16-17-44(4,5)47(43,56)64-34/h12-17,20,28,31-38,43,48,50,55-56H,10-11,18-19,21-27H2,1-9H3/b13-12+,15-14+,17-16+,30-20+/t28-,31+,32-,33+,34+,35+,36+,37-,38+,43+,46+,47-/m1/s1. The molecule has 4 aliphatic rings. The fourth-order valence-corrected chi connectivity index (χ4v) is 8.96. The van der Waals surface area contributed by atoms with Crippen LogP contribution >= 0.6 is 0 Å². The maximum Gasteiger partial charge on any atom is 0.331 e. The summed E-state index contributed by atoms with van der Waals surface area (Å²) >= 11 is 0. The number of hydrogen-bond donors (Lipinski definition) is 4. The fraction of sp³-hybridized carbons (Fsp3) is 0.723. The topological polar surface area (TPSA) is 240 Å². The van der Waals surface area contributed by atoms with Crippen molar-refractivity contribution in [3.63, 3.8) is 0 Å². The van der Waals surface area contributed by atoms with Gasteiger partial charge in [-0.3, -0.25) is 14.4 Å². The van der Waals surface area contributed by atoms with Gasteiger partial charge in [-0.2, -0.15) is 0 Å². The van der Waals surface area contributed by atoms with E-state index in [1.54, 1.807) is 45.9 Å². The van der Waals surface area contributed by atoms with E-state index in [4.69, 9.17) is 37.9 Å². The molecule has 0 saturated carbocycles. The first-order chi connectivity index (χ1) is 29.9. The molecule has 4 aliphatic heterocycles. The van der Waals surface area contributed by atoms with E-state index in [0.29, 0.717) is 5.57 Å². The zero-order valence-corrected chi connectivity index (χ0v) is 38.7. The van der Waals surface area contributed by atoms with Gasteiger partial charge in [0.2, 0.25) is 5.79 Å². The average molecular weight is 907 g/mol. The van der Waals surface area contributed by atoms with Gasteiger partial charge in [0.15, 0.2) is 11.9 Å². The van der Waals surface area contributed by atoms with Crippen molar-refractivity contribution in [2.75, 3.05) is 14.2 Å². The lowest BCUT2D eigenvalue weighted by molar-refractivity contribution is -0.352. The predicted molar refractivity (Wildman–Crippen MR) is 228 cm³/mol. The molecule has 4 rings (SSSR count). The van der Waals surface area contributed by atoms with Gasteiger partial charge in [-0.1, -0.05) is 77.0 Å². The van der Waals surface area contributed by atoms with Crippen molar-refractivity contribution < 1.29 is 82.3 Å². The maximum atomic E-state index is 13.5. The van der Waals surface area contributed by atoms with Crippen molar-refractivity contribution in [1.82, 2.24) is 0 Å². The van der Waals surface area contributed by atoms with Crippen LogP contribution in [-0.4, -0.2) is 131 Å². The molecule has 0 radical (unpaired) electrons. The Morgan fingerprint density at radius 1 is 0.906 bits per heavy atom. The van der Waals surface area contributed by atoms with E-state index in [-0.39, 0.29) is 51.4 Å². The summed E-state index contributed by atoms with van der Waals surface area (Å²) in [6, 6.07) is 0. The third-order valence-electron chi connectivity index (χ3n) is 12.8. The molecule has 0 amide bonds. The first-order valence-corrected chi connectivity index (χ1v) is 22.2. The largest absolute Gasteiger partial charge is 0.469 e. The number of esters is 5. The molecule has 0 aromatic heterocycles. The monoisotopic (exact) mass is 906 g/mol. The van der Waals surface area contributed by atoms with E-state index in [9.17, 15) is 44.4 Å². The van der Waals surface area contributed by atoms with Crippen LogP contribution in [0.4, 0.5) is 0 Å². The van der Waals surface area contributed by atoms with Crippen LogP contribution in [0.3, 0.4) is 0 Å². The first kappa shape index (κ1) is 52.7. The number of allylic oxidation sites excluding steroid dienone is 3. The van der Waals surface area contributed by atoms with Crippen molar-refractivity contribution in [2.45, 2.75) is 186 Å². The SMILES string of the molecule is CCC/C=C/C=C/C(=O)O[C@H]1[C@H](CC(=O)OC)C[C@H]2C[C@H]([C@@H](C)O)OC(=O)C[C@H](O)C[C@H]3C[C@H](OC(C)=O)C(C)(C)[C@](O)(C[C@@H]4C/C(=C/C(=O)OC)C[C@H](/C=C/C(C)(C)[C@]1(O)O2)O4)O3. The van der Waals surface area contributed by atoms with Gasteiger partial charge in [-0.15, -0.1) is 0 Å². The van der Waals surface area contributed by atoms with Crippen LogP contribution in [0.2, 0.25) is 0 Å². The van der Waals surface area contributed by atoms with Crippen molar-refractivity contribution in [2.24, 2.45) is 16.7 Å². The second-order valence-corrected chi connectivity index (χ2v) is 18.6. The van der Waals surface area contributed by atoms with Gasteiger partial charge in [0.25, 0.3) is 0 Å². The Balaban J connectivity index is 1.87. The molecule has 0 aromatic carbocycles. The summed E-state index contributed by atoms with van der Waals surface area (Å²) in [5, 5.41) is 47.6. The average Bonchev–Trinajstić information content (AvgIpc) is 3.19. The minimum absolute atomic E-state index is 0.00442. The molecule has 0 spiro atoms. The van der Waals surface area contributed by atoms with E-state index in [0.717, 1.165) is 12.8 Å². The minimum atomic E-state index is -2.40. The van der Waals surface area contributed by atoms with Crippen molar-refractivity contribution in [3.05, 3.63) is 48.1 Å². The number of hydrogen-bond acceptors (Lipinski definition) is 17. The molecule has 4 N–H and O–H groups in total. The molecule has 64 heavy (non-hydrogen) atoms. The third-order valence-corrected chi connectivity index (χ3v) is 12.8. The van der Waals surface area contributed by atoms with Crippen molar-refractivity contribution in [1.29, 1.82) is 0 Å². The van der Waals surface area contributed by atoms with Gasteiger partial charge in [0.05, 0.1) is 69.1 Å². The van der Waals surface area contributed by atoms with Gasteiger partial charge in [-0.25, -0.2) is 9.59 Å². The Kier molecular flexibility index (Phi) is 18.5. The number of methoxy groups -OCH3 is 2. The van der Waals surface area contributed by atoms with Gasteiger partial charge < -0.3 is 58.3 Å². The first-order valence-electron chi connectivity index (χ1n) is 22.2. The molecule has 3 fully saturated rings. The Labute approximate surface area is 376 Å². The Bertz CT molecular complexity index is 1760. The summed E-state index contributed by atoms with van der Waals surface area (Å²) in [7, 11) is 2.45. The molecule has 0 unspecified atom stereocenters. The van der Waals surface area contributed by atoms with Crippen LogP contribution in [0, 0.1) is 16.7 Å². The highest BCUT2D eigenvalue weighted by Gasteiger charge is 2.60. The molecule has 360 valence electrons. The lowest BCUT2D eigenvalue weighted by Crippen LogP contribution is -2.64. The highest BCUT2D eigenvalue weighted by molar-refractivity contribution is 5.83. The molecule has 12 atom stereocenters. The molecule has 6 bridgehead atoms. The number of aliphatic hydroxyl groups is 4. The highest BCUT2D eigenvalue weighted by Crippen LogP contribution is 2.50. The number of carbonyl (C=O) groups is 5. The fourth-order valence-electron chi connectivity index (χ4n) is 8.96. The van der Waals surface area contributed by atoms with Gasteiger partial charge in [0.1, 0.15) is 12.2 Å². The van der Waals surface area contributed by atoms with E-state index in [1.165, 1.54) is 46.3 Å². The Hall–Kier alpha value is -3.97. The molecule has 0 aromatic rings. The normalized spacial score (nSPS) is 36.3. The Morgan fingerprint density at radius 2 is 1.61 bits per heavy atom. The summed E-state index contributed by atoms with van der Waals surface area (Å²) in [6.07, 6.45) is 1.82. The second kappa shape index (κ2) is 22.5. The van der Waals surface area contributed by atoms with Crippen molar-refractivity contribution >= 4 is 29.8 Å². The molecular weight excluding hydrogens is 836 g/mol. The van der Waals surface area contributed by atoms with Crippen molar-refractivity contribution in [3.8, 4) is 0 Å². The molecular formula is C47H70O17. The summed E-state index contributed by atoms with van der Waals surface area (Å²) in [5.41, 5.74) is -2.11. The predicted octanol–water partition coefficient (Wildman–Crippen LogP) is 4.36. The lowest BCUT2D eigenvalue weighted by atomic mass is 9.70. The molecule has 3 saturated heterocycles. The van der Waals surface area contributed by atoms with Crippen LogP contribution in [0.25, 0.3) is 0 Å².